The molecule has 0 saturated carbocycles. The maximum absolute atomic E-state index is 12.4. The number of ether oxygens (including phenoxy) is 3. The normalized spacial score (nSPS) is 15.4. The van der Waals surface area contributed by atoms with Gasteiger partial charge in [-0.2, -0.15) is 0 Å². The van der Waals surface area contributed by atoms with E-state index in [-0.39, 0.29) is 18.7 Å². The minimum atomic E-state index is -0.644. The van der Waals surface area contributed by atoms with Gasteiger partial charge in [-0.25, -0.2) is 9.59 Å². The third-order valence-electron chi connectivity index (χ3n) is 3.47. The van der Waals surface area contributed by atoms with Crippen LogP contribution in [0.15, 0.2) is 12.5 Å². The van der Waals surface area contributed by atoms with Gasteiger partial charge < -0.3 is 24.8 Å². The van der Waals surface area contributed by atoms with Gasteiger partial charge in [-0.15, -0.1) is 11.3 Å². The topological polar surface area (TPSA) is 115 Å². The molecule has 10 heteroatoms. The average molecular weight is 411 g/mol. The molecule has 1 aliphatic rings. The minimum Gasteiger partial charge on any atom is -0.472 e. The maximum Gasteiger partial charge on any atom is 0.341 e. The minimum absolute atomic E-state index is 0.202. The predicted molar refractivity (Wildman–Crippen MR) is 104 cm³/mol. The van der Waals surface area contributed by atoms with Crippen LogP contribution in [-0.2, 0) is 19.0 Å². The van der Waals surface area contributed by atoms with Crippen molar-refractivity contribution in [1.82, 2.24) is 10.6 Å². The molecule has 1 aliphatic heterocycles. The summed E-state index contributed by atoms with van der Waals surface area (Å²) in [7, 11) is 0. The number of carbonyl (C=O) groups excluding carboxylic acids is 3. The summed E-state index contributed by atoms with van der Waals surface area (Å²) in [5, 5.41) is 8.35. The van der Waals surface area contributed by atoms with Gasteiger partial charge in [-0.3, -0.25) is 10.1 Å². The fourth-order valence-corrected chi connectivity index (χ4v) is 3.60. The Morgan fingerprint density at radius 1 is 1.32 bits per heavy atom. The van der Waals surface area contributed by atoms with Crippen LogP contribution in [0, 0.1) is 6.92 Å². The first-order valence-electron chi connectivity index (χ1n) is 8.76. The highest BCUT2D eigenvalue weighted by molar-refractivity contribution is 7.17. The van der Waals surface area contributed by atoms with Crippen LogP contribution in [0.4, 0.5) is 9.80 Å². The van der Waals surface area contributed by atoms with E-state index in [4.69, 9.17) is 14.2 Å². The quantitative estimate of drug-likeness (QED) is 0.617. The van der Waals surface area contributed by atoms with Gasteiger partial charge in [-0.05, 0) is 40.2 Å². The van der Waals surface area contributed by atoms with Crippen LogP contribution in [0.3, 0.4) is 0 Å². The molecule has 0 fully saturated rings. The molecule has 3 N–H and O–H groups in total. The average Bonchev–Trinajstić information content (AvgIpc) is 3.19. The van der Waals surface area contributed by atoms with Gasteiger partial charge >= 0.3 is 18.0 Å². The summed E-state index contributed by atoms with van der Waals surface area (Å²) in [6.07, 6.45) is 2.71. The number of amides is 2. The SMILES string of the molecule is CCOC(=O)c1c(NC(=O)NCC(=O)OC(C)(C)C)sc(C2NC=CO2)c1C. The van der Waals surface area contributed by atoms with E-state index in [0.717, 1.165) is 4.88 Å². The van der Waals surface area contributed by atoms with Crippen LogP contribution in [-0.4, -0.2) is 36.7 Å². The molecule has 0 bridgehead atoms. The third-order valence-corrected chi connectivity index (χ3v) is 4.72. The van der Waals surface area contributed by atoms with Gasteiger partial charge in [0, 0.05) is 6.20 Å². The number of hydrogen-bond acceptors (Lipinski definition) is 8. The number of thiophene rings is 1. The molecule has 9 nitrogen and oxygen atoms in total. The molecule has 2 rings (SSSR count). The Balaban J connectivity index is 2.12. The smallest absolute Gasteiger partial charge is 0.341 e. The zero-order chi connectivity index (χ0) is 20.9. The molecule has 2 heterocycles. The summed E-state index contributed by atoms with van der Waals surface area (Å²) in [6.45, 7) is 8.57. The first-order valence-corrected chi connectivity index (χ1v) is 9.57. The second-order valence-corrected chi connectivity index (χ2v) is 7.95. The van der Waals surface area contributed by atoms with Gasteiger partial charge in [0.1, 0.15) is 23.4 Å². The molecular formula is C18H25N3O6S. The molecule has 1 unspecified atom stereocenters. The Morgan fingerprint density at radius 3 is 2.61 bits per heavy atom. The third kappa shape index (κ3) is 5.62. The Bertz CT molecular complexity index is 773. The molecule has 0 aliphatic carbocycles. The van der Waals surface area contributed by atoms with Crippen molar-refractivity contribution in [2.75, 3.05) is 18.5 Å². The molecule has 28 heavy (non-hydrogen) atoms. The monoisotopic (exact) mass is 411 g/mol. The summed E-state index contributed by atoms with van der Waals surface area (Å²) >= 11 is 1.19. The number of carbonyl (C=O) groups is 3. The largest absolute Gasteiger partial charge is 0.472 e. The zero-order valence-electron chi connectivity index (χ0n) is 16.5. The van der Waals surface area contributed by atoms with E-state index in [2.05, 4.69) is 16.0 Å². The summed E-state index contributed by atoms with van der Waals surface area (Å²) < 4.78 is 15.7. The van der Waals surface area contributed by atoms with Crippen molar-refractivity contribution < 1.29 is 28.6 Å². The van der Waals surface area contributed by atoms with Crippen LogP contribution in [0.5, 0.6) is 0 Å². The van der Waals surface area contributed by atoms with Crippen LogP contribution in [0.1, 0.15) is 54.7 Å². The lowest BCUT2D eigenvalue weighted by molar-refractivity contribution is -0.153. The lowest BCUT2D eigenvalue weighted by Gasteiger charge is -2.19. The zero-order valence-corrected chi connectivity index (χ0v) is 17.3. The highest BCUT2D eigenvalue weighted by Gasteiger charge is 2.28. The number of hydrogen-bond donors (Lipinski definition) is 3. The van der Waals surface area contributed by atoms with Crippen LogP contribution in [0.2, 0.25) is 0 Å². The summed E-state index contributed by atoms with van der Waals surface area (Å²) in [5.74, 6) is -1.11. The van der Waals surface area contributed by atoms with Gasteiger partial charge in [0.15, 0.2) is 0 Å². The fourth-order valence-electron chi connectivity index (χ4n) is 2.42. The van der Waals surface area contributed by atoms with Crippen molar-refractivity contribution in [3.63, 3.8) is 0 Å². The lowest BCUT2D eigenvalue weighted by atomic mass is 10.1. The first kappa shape index (κ1) is 21.5. The highest BCUT2D eigenvalue weighted by Crippen LogP contribution is 2.38. The molecule has 1 atom stereocenters. The molecular weight excluding hydrogens is 386 g/mol. The van der Waals surface area contributed by atoms with E-state index in [1.54, 1.807) is 40.8 Å². The van der Waals surface area contributed by atoms with E-state index < -0.39 is 29.8 Å². The first-order chi connectivity index (χ1) is 13.1. The highest BCUT2D eigenvalue weighted by atomic mass is 32.1. The summed E-state index contributed by atoms with van der Waals surface area (Å²) in [4.78, 5) is 37.1. The number of esters is 2. The second-order valence-electron chi connectivity index (χ2n) is 6.90. The van der Waals surface area contributed by atoms with Crippen LogP contribution in [0.25, 0.3) is 0 Å². The lowest BCUT2D eigenvalue weighted by Crippen LogP contribution is -2.37. The molecule has 2 amide bonds. The van der Waals surface area contributed by atoms with Gasteiger partial charge in [0.2, 0.25) is 6.23 Å². The van der Waals surface area contributed by atoms with Crippen molar-refractivity contribution in [1.29, 1.82) is 0 Å². The van der Waals surface area contributed by atoms with Crippen molar-refractivity contribution in [2.45, 2.75) is 46.4 Å². The van der Waals surface area contributed by atoms with Crippen molar-refractivity contribution in [3.8, 4) is 0 Å². The molecule has 1 aromatic heterocycles. The van der Waals surface area contributed by atoms with E-state index in [1.807, 2.05) is 0 Å². The Kier molecular flexibility index (Phi) is 6.90. The molecule has 154 valence electrons. The van der Waals surface area contributed by atoms with E-state index in [0.29, 0.717) is 10.6 Å². The standard InChI is InChI=1S/C18H25N3O6S/c1-6-25-16(23)12-10(2)13(14-19-7-8-26-14)28-15(12)21-17(24)20-9-11(22)27-18(3,4)5/h7-8,14,19H,6,9H2,1-5H3,(H2,20,21,24). The van der Waals surface area contributed by atoms with Gasteiger partial charge in [-0.1, -0.05) is 0 Å². The van der Waals surface area contributed by atoms with Gasteiger partial charge in [0.05, 0.1) is 17.0 Å². The Labute approximate surface area is 167 Å². The van der Waals surface area contributed by atoms with Gasteiger partial charge in [0.25, 0.3) is 0 Å². The number of anilines is 1. The van der Waals surface area contributed by atoms with Crippen molar-refractivity contribution >= 4 is 34.3 Å². The number of urea groups is 1. The second kappa shape index (κ2) is 8.96. The predicted octanol–water partition coefficient (Wildman–Crippen LogP) is 2.79. The molecule has 0 radical (unpaired) electrons. The van der Waals surface area contributed by atoms with E-state index in [9.17, 15) is 14.4 Å². The van der Waals surface area contributed by atoms with E-state index in [1.165, 1.54) is 17.6 Å². The molecule has 0 aromatic carbocycles. The fraction of sp³-hybridized carbons (Fsp3) is 0.500. The van der Waals surface area contributed by atoms with Crippen LogP contribution < -0.4 is 16.0 Å². The summed E-state index contributed by atoms with van der Waals surface area (Å²) in [6, 6.07) is -0.636. The Morgan fingerprint density at radius 2 is 2.04 bits per heavy atom. The van der Waals surface area contributed by atoms with Crippen molar-refractivity contribution in [3.05, 3.63) is 28.5 Å². The molecule has 1 aromatic rings. The maximum atomic E-state index is 12.4. The Hall–Kier alpha value is -2.75. The van der Waals surface area contributed by atoms with Crippen LogP contribution >= 0.6 is 11.3 Å². The molecule has 0 saturated heterocycles. The number of rotatable bonds is 6. The van der Waals surface area contributed by atoms with Crippen molar-refractivity contribution in [2.24, 2.45) is 0 Å². The summed E-state index contributed by atoms with van der Waals surface area (Å²) in [5.41, 5.74) is 0.257. The number of nitrogens with one attached hydrogen (secondary N) is 3. The van der Waals surface area contributed by atoms with E-state index >= 15 is 0 Å². The molecule has 0 spiro atoms.